The zero-order valence-electron chi connectivity index (χ0n) is 8.40. The van der Waals surface area contributed by atoms with Crippen LogP contribution < -0.4 is 11.1 Å². The molecule has 17 heavy (non-hydrogen) atoms. The Labute approximate surface area is 94.0 Å². The molecule has 0 fully saturated rings. The number of nitrogens with zero attached hydrogens (tertiary/aromatic N) is 5. The normalized spacial score (nSPS) is 10.1. The van der Waals surface area contributed by atoms with Crippen LogP contribution in [0, 0.1) is 10.1 Å². The van der Waals surface area contributed by atoms with Gasteiger partial charge in [0.1, 0.15) is 6.20 Å². The fourth-order valence-electron chi connectivity index (χ4n) is 1.09. The molecule has 0 unspecified atom stereocenters. The van der Waals surface area contributed by atoms with Gasteiger partial charge in [-0.2, -0.15) is 9.97 Å². The van der Waals surface area contributed by atoms with Crippen molar-refractivity contribution in [1.29, 1.82) is 0 Å². The number of aromatic nitrogens is 4. The average molecular weight is 237 g/mol. The smallest absolute Gasteiger partial charge is 0.329 e. The van der Waals surface area contributed by atoms with Crippen LogP contribution in [0.25, 0.3) is 0 Å². The molecule has 0 aliphatic carbocycles. The Morgan fingerprint density at radius 3 is 3.00 bits per heavy atom. The summed E-state index contributed by atoms with van der Waals surface area (Å²) in [5.74, 6) is 0.287. The zero-order valence-corrected chi connectivity index (χ0v) is 8.40. The van der Waals surface area contributed by atoms with E-state index in [1.165, 1.54) is 0 Å². The summed E-state index contributed by atoms with van der Waals surface area (Å²) in [4.78, 5) is 21.1. The van der Waals surface area contributed by atoms with Crippen LogP contribution in [-0.4, -0.2) is 25.0 Å². The van der Waals surface area contributed by atoms with Gasteiger partial charge >= 0.3 is 5.69 Å². The average Bonchev–Trinajstić information content (AvgIpc) is 2.78. The van der Waals surface area contributed by atoms with Crippen molar-refractivity contribution < 1.29 is 9.45 Å². The predicted octanol–water partition coefficient (Wildman–Crippen LogP) is -0.0379. The Kier molecular flexibility index (Phi) is 2.77. The van der Waals surface area contributed by atoms with Crippen LogP contribution in [0.1, 0.15) is 5.82 Å². The summed E-state index contributed by atoms with van der Waals surface area (Å²) in [6, 6.07) is 0. The highest BCUT2D eigenvalue weighted by atomic mass is 16.6. The van der Waals surface area contributed by atoms with Crippen LogP contribution in [0.15, 0.2) is 17.1 Å². The Morgan fingerprint density at radius 2 is 2.35 bits per heavy atom. The van der Waals surface area contributed by atoms with Crippen molar-refractivity contribution in [1.82, 2.24) is 20.1 Å². The minimum Gasteiger partial charge on any atom is -0.368 e. The third kappa shape index (κ3) is 2.42. The molecule has 2 aromatic heterocycles. The highest BCUT2D eigenvalue weighted by molar-refractivity contribution is 5.56. The van der Waals surface area contributed by atoms with E-state index in [2.05, 4.69) is 29.9 Å². The number of rotatable bonds is 4. The van der Waals surface area contributed by atoms with Crippen molar-refractivity contribution in [2.24, 2.45) is 0 Å². The van der Waals surface area contributed by atoms with Crippen LogP contribution in [0.5, 0.6) is 0 Å². The number of hydrogen-bond donors (Lipinski definition) is 2. The second-order valence-electron chi connectivity index (χ2n) is 2.92. The molecule has 88 valence electrons. The quantitative estimate of drug-likeness (QED) is 0.552. The van der Waals surface area contributed by atoms with Crippen LogP contribution in [0.2, 0.25) is 0 Å². The van der Waals surface area contributed by atoms with Gasteiger partial charge in [-0.3, -0.25) is 10.1 Å². The molecule has 0 aromatic carbocycles. The molecule has 0 radical (unpaired) electrons. The lowest BCUT2D eigenvalue weighted by Gasteiger charge is -2.03. The van der Waals surface area contributed by atoms with Gasteiger partial charge in [0.25, 0.3) is 0 Å². The van der Waals surface area contributed by atoms with Gasteiger partial charge in [-0.1, -0.05) is 5.16 Å². The maximum atomic E-state index is 10.7. The lowest BCUT2D eigenvalue weighted by molar-refractivity contribution is -0.384. The van der Waals surface area contributed by atoms with E-state index >= 15 is 0 Å². The van der Waals surface area contributed by atoms with E-state index in [1.807, 2.05) is 0 Å². The predicted molar refractivity (Wildman–Crippen MR) is 54.7 cm³/mol. The van der Waals surface area contributed by atoms with Crippen molar-refractivity contribution >= 4 is 17.5 Å². The first-order valence-electron chi connectivity index (χ1n) is 4.43. The number of nitrogen functional groups attached to an aromatic ring is 1. The maximum absolute atomic E-state index is 10.7. The van der Waals surface area contributed by atoms with E-state index in [4.69, 9.17) is 5.73 Å². The van der Waals surface area contributed by atoms with E-state index < -0.39 is 4.92 Å². The highest BCUT2D eigenvalue weighted by Gasteiger charge is 2.16. The largest absolute Gasteiger partial charge is 0.368 e. The number of nitro groups is 1. The first-order chi connectivity index (χ1) is 8.16. The lowest BCUT2D eigenvalue weighted by Crippen LogP contribution is -2.08. The summed E-state index contributed by atoms with van der Waals surface area (Å²) in [5.41, 5.74) is 5.07. The summed E-state index contributed by atoms with van der Waals surface area (Å²) in [5, 5.41) is 16.9. The van der Waals surface area contributed by atoms with Gasteiger partial charge in [-0.25, -0.2) is 4.98 Å². The molecule has 0 bridgehead atoms. The Balaban J connectivity index is 2.19. The minimum atomic E-state index is -0.613. The monoisotopic (exact) mass is 237 g/mol. The third-order valence-electron chi connectivity index (χ3n) is 1.81. The van der Waals surface area contributed by atoms with Gasteiger partial charge in [0.05, 0.1) is 11.5 Å². The molecule has 3 N–H and O–H groups in total. The molecular formula is C7H7N7O3. The number of nitrogens with one attached hydrogen (secondary N) is 1. The van der Waals surface area contributed by atoms with E-state index in [0.717, 1.165) is 12.6 Å². The molecule has 10 heteroatoms. The maximum Gasteiger partial charge on any atom is 0.329 e. The Hall–Kier alpha value is -2.78. The molecule has 2 aromatic rings. The molecule has 0 aliphatic heterocycles. The number of anilines is 2. The van der Waals surface area contributed by atoms with Crippen molar-refractivity contribution in [3.8, 4) is 0 Å². The van der Waals surface area contributed by atoms with Gasteiger partial charge in [-0.05, 0) is 0 Å². The molecule has 0 spiro atoms. The summed E-state index contributed by atoms with van der Waals surface area (Å²) >= 11 is 0. The highest BCUT2D eigenvalue weighted by Crippen LogP contribution is 2.21. The Bertz CT molecular complexity index is 526. The van der Waals surface area contributed by atoms with Crippen LogP contribution in [-0.2, 0) is 6.54 Å². The standard InChI is InChI=1S/C7H7N7O3/c8-7-10-1-4(14(15)16)6(12-7)9-2-5-11-3-17-13-5/h1,3H,2H2,(H3,8,9,10,12). The molecule has 2 rings (SSSR count). The second-order valence-corrected chi connectivity index (χ2v) is 2.92. The minimum absolute atomic E-state index is 0.00676. The van der Waals surface area contributed by atoms with Crippen LogP contribution in [0.4, 0.5) is 17.5 Å². The van der Waals surface area contributed by atoms with E-state index in [9.17, 15) is 10.1 Å². The molecule has 0 atom stereocenters. The molecule has 0 amide bonds. The van der Waals surface area contributed by atoms with Crippen LogP contribution in [0.3, 0.4) is 0 Å². The van der Waals surface area contributed by atoms with Crippen molar-refractivity contribution in [2.75, 3.05) is 11.1 Å². The molecule has 0 saturated carbocycles. The van der Waals surface area contributed by atoms with E-state index in [1.54, 1.807) is 0 Å². The lowest BCUT2D eigenvalue weighted by atomic mass is 10.4. The summed E-state index contributed by atoms with van der Waals surface area (Å²) < 4.78 is 4.51. The SMILES string of the molecule is Nc1ncc([N+](=O)[O-])c(NCc2ncon2)n1. The van der Waals surface area contributed by atoms with Crippen molar-refractivity contribution in [3.05, 3.63) is 28.5 Å². The van der Waals surface area contributed by atoms with Gasteiger partial charge in [0.15, 0.2) is 5.82 Å². The second kappa shape index (κ2) is 4.38. The van der Waals surface area contributed by atoms with Crippen molar-refractivity contribution in [3.63, 3.8) is 0 Å². The first-order valence-corrected chi connectivity index (χ1v) is 4.43. The fourth-order valence-corrected chi connectivity index (χ4v) is 1.09. The van der Waals surface area contributed by atoms with Gasteiger partial charge in [0.2, 0.25) is 18.2 Å². The fraction of sp³-hybridized carbons (Fsp3) is 0.143. The van der Waals surface area contributed by atoms with Crippen LogP contribution >= 0.6 is 0 Å². The molecule has 10 nitrogen and oxygen atoms in total. The summed E-state index contributed by atoms with van der Waals surface area (Å²) in [7, 11) is 0. The van der Waals surface area contributed by atoms with Crippen molar-refractivity contribution in [2.45, 2.75) is 6.54 Å². The molecule has 0 aliphatic rings. The topological polar surface area (TPSA) is 146 Å². The number of hydrogen-bond acceptors (Lipinski definition) is 9. The molecule has 2 heterocycles. The first kappa shape index (κ1) is 10.7. The molecule has 0 saturated heterocycles. The van der Waals surface area contributed by atoms with E-state index in [0.29, 0.717) is 5.82 Å². The van der Waals surface area contributed by atoms with E-state index in [-0.39, 0.29) is 24.0 Å². The molecular weight excluding hydrogens is 230 g/mol. The summed E-state index contributed by atoms with van der Waals surface area (Å²) in [6.07, 6.45) is 2.18. The van der Waals surface area contributed by atoms with Gasteiger partial charge < -0.3 is 15.6 Å². The third-order valence-corrected chi connectivity index (χ3v) is 1.81. The number of nitrogens with two attached hydrogens (primary N) is 1. The van der Waals surface area contributed by atoms with Gasteiger partial charge in [0, 0.05) is 0 Å². The Morgan fingerprint density at radius 1 is 1.53 bits per heavy atom. The zero-order chi connectivity index (χ0) is 12.3. The van der Waals surface area contributed by atoms with Gasteiger partial charge in [-0.15, -0.1) is 0 Å². The summed E-state index contributed by atoms with van der Waals surface area (Å²) in [6.45, 7) is 0.133.